The summed E-state index contributed by atoms with van der Waals surface area (Å²) >= 11 is 14.5. The maximum Gasteiger partial charge on any atom is 0.352 e. The van der Waals surface area contributed by atoms with Crippen molar-refractivity contribution in [1.29, 1.82) is 0 Å². The Morgan fingerprint density at radius 2 is 2.21 bits per heavy atom. The van der Waals surface area contributed by atoms with Gasteiger partial charge in [-0.05, 0) is 29.3 Å². The van der Waals surface area contributed by atoms with Crippen molar-refractivity contribution in [2.24, 2.45) is 5.11 Å². The van der Waals surface area contributed by atoms with Gasteiger partial charge in [0, 0.05) is 20.6 Å². The standard InChI is InChI=1S/C16H13Cl2N5O4S2/c17-8-1-2-9(18)10(3-8)28-6-11(24)21-12-14(25)23-13(16(26)27)7(4-20-22-19)5-29-15(12)23/h1-3,12,15H,4-6H2,(H,21,24)(H,26,27)/t12?,15-/m1/s1. The van der Waals surface area contributed by atoms with E-state index >= 15 is 0 Å². The maximum absolute atomic E-state index is 12.5. The van der Waals surface area contributed by atoms with E-state index in [0.717, 1.165) is 4.90 Å². The molecule has 2 aliphatic rings. The van der Waals surface area contributed by atoms with Crippen LogP contribution < -0.4 is 5.32 Å². The van der Waals surface area contributed by atoms with Gasteiger partial charge in [-0.3, -0.25) is 14.5 Å². The molecule has 1 saturated heterocycles. The van der Waals surface area contributed by atoms with Crippen molar-refractivity contribution in [1.82, 2.24) is 10.2 Å². The van der Waals surface area contributed by atoms with Crippen LogP contribution in [0.3, 0.4) is 0 Å². The second kappa shape index (κ2) is 9.19. The van der Waals surface area contributed by atoms with Gasteiger partial charge < -0.3 is 10.4 Å². The molecule has 1 aromatic rings. The molecule has 13 heteroatoms. The number of azide groups is 1. The number of benzene rings is 1. The summed E-state index contributed by atoms with van der Waals surface area (Å²) in [5.74, 6) is -1.87. The molecule has 0 aromatic heterocycles. The van der Waals surface area contributed by atoms with Crippen molar-refractivity contribution in [2.45, 2.75) is 16.3 Å². The van der Waals surface area contributed by atoms with Crippen LogP contribution in [0.1, 0.15) is 0 Å². The van der Waals surface area contributed by atoms with Crippen molar-refractivity contribution in [3.8, 4) is 0 Å². The number of halogens is 2. The number of nitrogens with zero attached hydrogens (tertiary/aromatic N) is 4. The molecule has 9 nitrogen and oxygen atoms in total. The number of carboxylic acid groups (broad SMARTS) is 1. The van der Waals surface area contributed by atoms with Crippen LogP contribution in [0.2, 0.25) is 10.0 Å². The van der Waals surface area contributed by atoms with Crippen LogP contribution in [0.25, 0.3) is 10.4 Å². The highest BCUT2D eigenvalue weighted by Crippen LogP contribution is 2.40. The molecule has 2 amide bonds. The largest absolute Gasteiger partial charge is 0.477 e. The molecule has 2 heterocycles. The van der Waals surface area contributed by atoms with Crippen LogP contribution in [0.4, 0.5) is 0 Å². The second-order valence-electron chi connectivity index (χ2n) is 5.96. The van der Waals surface area contributed by atoms with Gasteiger partial charge in [0.1, 0.15) is 17.1 Å². The fourth-order valence-electron chi connectivity index (χ4n) is 2.87. The zero-order valence-corrected chi connectivity index (χ0v) is 17.7. The zero-order valence-electron chi connectivity index (χ0n) is 14.5. The number of thioether (sulfide) groups is 2. The molecule has 0 saturated carbocycles. The van der Waals surface area contributed by atoms with Crippen molar-refractivity contribution in [3.63, 3.8) is 0 Å². The zero-order chi connectivity index (χ0) is 21.1. The van der Waals surface area contributed by atoms with Gasteiger partial charge in [-0.2, -0.15) is 0 Å². The fraction of sp³-hybridized carbons (Fsp3) is 0.312. The monoisotopic (exact) mass is 473 g/mol. The molecule has 2 N–H and O–H groups in total. The summed E-state index contributed by atoms with van der Waals surface area (Å²) in [4.78, 5) is 40.8. The first-order chi connectivity index (χ1) is 13.8. The molecule has 1 fully saturated rings. The summed E-state index contributed by atoms with van der Waals surface area (Å²) in [5.41, 5.74) is 8.63. The van der Waals surface area contributed by atoms with E-state index in [0.29, 0.717) is 20.5 Å². The molecule has 2 atom stereocenters. The third-order valence-corrected chi connectivity index (χ3v) is 7.21. The van der Waals surface area contributed by atoms with E-state index in [1.54, 1.807) is 18.2 Å². The number of aliphatic carboxylic acids is 1. The van der Waals surface area contributed by atoms with E-state index in [-0.39, 0.29) is 29.7 Å². The minimum atomic E-state index is -1.28. The number of amides is 2. The fourth-order valence-corrected chi connectivity index (χ4v) is 5.51. The Balaban J connectivity index is 1.64. The molecular weight excluding hydrogens is 461 g/mol. The number of β-lactam (4-membered cyclic amide) rings is 1. The molecule has 152 valence electrons. The molecule has 0 aliphatic carbocycles. The van der Waals surface area contributed by atoms with Crippen molar-refractivity contribution < 1.29 is 19.5 Å². The third-order valence-electron chi connectivity index (χ3n) is 4.14. The summed E-state index contributed by atoms with van der Waals surface area (Å²) in [5, 5.41) is 15.9. The summed E-state index contributed by atoms with van der Waals surface area (Å²) in [6.07, 6.45) is 0. The Morgan fingerprint density at radius 3 is 2.90 bits per heavy atom. The highest BCUT2D eigenvalue weighted by atomic mass is 35.5. The summed E-state index contributed by atoms with van der Waals surface area (Å²) < 4.78 is 0. The van der Waals surface area contributed by atoms with Crippen molar-refractivity contribution in [2.75, 3.05) is 18.1 Å². The van der Waals surface area contributed by atoms with E-state index < -0.39 is 23.3 Å². The van der Waals surface area contributed by atoms with E-state index in [9.17, 15) is 19.5 Å². The lowest BCUT2D eigenvalue weighted by atomic mass is 10.0. The van der Waals surface area contributed by atoms with Gasteiger partial charge in [-0.1, -0.05) is 28.3 Å². The van der Waals surface area contributed by atoms with E-state index in [2.05, 4.69) is 15.3 Å². The highest BCUT2D eigenvalue weighted by Gasteiger charge is 2.54. The lowest BCUT2D eigenvalue weighted by Crippen LogP contribution is -2.70. The van der Waals surface area contributed by atoms with Gasteiger partial charge in [0.2, 0.25) is 5.91 Å². The van der Waals surface area contributed by atoms with Crippen LogP contribution in [-0.4, -0.2) is 57.3 Å². The Morgan fingerprint density at radius 1 is 1.45 bits per heavy atom. The van der Waals surface area contributed by atoms with Crippen LogP contribution in [0.15, 0.2) is 39.5 Å². The lowest BCUT2D eigenvalue weighted by Gasteiger charge is -2.49. The first-order valence-electron chi connectivity index (χ1n) is 8.11. The smallest absolute Gasteiger partial charge is 0.352 e. The van der Waals surface area contributed by atoms with Gasteiger partial charge in [-0.25, -0.2) is 4.79 Å². The first-order valence-corrected chi connectivity index (χ1v) is 10.9. The predicted molar refractivity (Wildman–Crippen MR) is 111 cm³/mol. The SMILES string of the molecule is [N-]=[N+]=NCC1=C(C(=O)O)N2C(=O)C(NC(=O)CSc3cc(Cl)ccc3Cl)[C@H]2SC1. The van der Waals surface area contributed by atoms with Gasteiger partial charge in [0.25, 0.3) is 5.91 Å². The molecule has 29 heavy (non-hydrogen) atoms. The topological polar surface area (TPSA) is 135 Å². The first kappa shape index (κ1) is 21.7. The molecule has 1 unspecified atom stereocenters. The molecule has 0 bridgehead atoms. The Kier molecular flexibility index (Phi) is 6.86. The summed E-state index contributed by atoms with van der Waals surface area (Å²) in [7, 11) is 0. The number of hydrogen-bond acceptors (Lipinski definition) is 6. The Bertz CT molecular complexity index is 967. The number of carbonyl (C=O) groups is 3. The van der Waals surface area contributed by atoms with Gasteiger partial charge in [0.05, 0.1) is 17.3 Å². The average molecular weight is 474 g/mol. The quantitative estimate of drug-likeness (QED) is 0.205. The number of hydrogen-bond donors (Lipinski definition) is 2. The number of carbonyl (C=O) groups excluding carboxylic acids is 2. The van der Waals surface area contributed by atoms with Crippen molar-refractivity contribution in [3.05, 3.63) is 50.0 Å². The highest BCUT2D eigenvalue weighted by molar-refractivity contribution is 8.00. The van der Waals surface area contributed by atoms with E-state index in [1.165, 1.54) is 23.5 Å². The molecule has 0 radical (unpaired) electrons. The predicted octanol–water partition coefficient (Wildman–Crippen LogP) is 3.13. The number of carboxylic acids is 1. The van der Waals surface area contributed by atoms with Gasteiger partial charge in [0.15, 0.2) is 0 Å². The molecule has 3 rings (SSSR count). The van der Waals surface area contributed by atoms with Crippen LogP contribution in [0.5, 0.6) is 0 Å². The van der Waals surface area contributed by atoms with Gasteiger partial charge in [-0.15, -0.1) is 23.5 Å². The minimum Gasteiger partial charge on any atom is -0.477 e. The van der Waals surface area contributed by atoms with Crippen LogP contribution >= 0.6 is 46.7 Å². The number of nitrogens with one attached hydrogen (secondary N) is 1. The van der Waals surface area contributed by atoms with Crippen LogP contribution in [0, 0.1) is 0 Å². The average Bonchev–Trinajstić information content (AvgIpc) is 2.70. The number of rotatable bonds is 7. The molecular formula is C16H13Cl2N5O4S2. The summed E-state index contributed by atoms with van der Waals surface area (Å²) in [6.45, 7) is -0.129. The van der Waals surface area contributed by atoms with E-state index in [1.807, 2.05) is 0 Å². The second-order valence-corrected chi connectivity index (χ2v) is 8.93. The van der Waals surface area contributed by atoms with Crippen LogP contribution in [-0.2, 0) is 14.4 Å². The molecule has 1 aromatic carbocycles. The molecule has 2 aliphatic heterocycles. The number of fused-ring (bicyclic) bond motifs is 1. The van der Waals surface area contributed by atoms with E-state index in [4.69, 9.17) is 28.7 Å². The Labute approximate surface area is 183 Å². The van der Waals surface area contributed by atoms with Crippen molar-refractivity contribution >= 4 is 64.5 Å². The minimum absolute atomic E-state index is 0.0188. The maximum atomic E-state index is 12.5. The molecule has 0 spiro atoms. The van der Waals surface area contributed by atoms with Gasteiger partial charge >= 0.3 is 5.97 Å². The summed E-state index contributed by atoms with van der Waals surface area (Å²) in [6, 6.07) is 4.09. The normalized spacial score (nSPS) is 20.5. The Hall–Kier alpha value is -2.04. The third kappa shape index (κ3) is 4.59. The lowest BCUT2D eigenvalue weighted by molar-refractivity contribution is -0.150.